The standard InChI is InChI=1S/C11H16F3N3O/c1-4-15-8-5-9(18-6-7(2)3)17-10(16-8)11(12,13)14/h5,7H,4,6H2,1-3H3,(H,15,16,17). The van der Waals surface area contributed by atoms with E-state index in [1.807, 2.05) is 13.8 Å². The third-order valence-electron chi connectivity index (χ3n) is 1.88. The Balaban J connectivity index is 2.98. The summed E-state index contributed by atoms with van der Waals surface area (Å²) in [5.74, 6) is -0.947. The molecule has 0 aromatic carbocycles. The van der Waals surface area contributed by atoms with Crippen molar-refractivity contribution in [1.29, 1.82) is 0 Å². The highest BCUT2D eigenvalue weighted by atomic mass is 19.4. The van der Waals surface area contributed by atoms with Crippen molar-refractivity contribution in [2.45, 2.75) is 26.9 Å². The second kappa shape index (κ2) is 5.88. The van der Waals surface area contributed by atoms with Crippen LogP contribution < -0.4 is 10.1 Å². The Bertz CT molecular complexity index is 394. The van der Waals surface area contributed by atoms with Gasteiger partial charge in [-0.25, -0.2) is 4.98 Å². The summed E-state index contributed by atoms with van der Waals surface area (Å²) in [5.41, 5.74) is 0. The van der Waals surface area contributed by atoms with E-state index in [4.69, 9.17) is 4.74 Å². The van der Waals surface area contributed by atoms with E-state index in [1.165, 1.54) is 6.07 Å². The van der Waals surface area contributed by atoms with Crippen molar-refractivity contribution in [3.63, 3.8) is 0 Å². The normalized spacial score (nSPS) is 11.7. The molecular weight excluding hydrogens is 247 g/mol. The van der Waals surface area contributed by atoms with Gasteiger partial charge in [0.05, 0.1) is 6.61 Å². The first-order valence-electron chi connectivity index (χ1n) is 5.66. The molecule has 1 aromatic heterocycles. The van der Waals surface area contributed by atoms with Gasteiger partial charge in [0.25, 0.3) is 0 Å². The maximum atomic E-state index is 12.6. The van der Waals surface area contributed by atoms with Crippen LogP contribution in [0.5, 0.6) is 5.88 Å². The van der Waals surface area contributed by atoms with E-state index < -0.39 is 12.0 Å². The van der Waals surface area contributed by atoms with Crippen LogP contribution in [0.15, 0.2) is 6.07 Å². The van der Waals surface area contributed by atoms with Gasteiger partial charge in [0.1, 0.15) is 5.82 Å². The van der Waals surface area contributed by atoms with Crippen LogP contribution in [0.1, 0.15) is 26.6 Å². The van der Waals surface area contributed by atoms with E-state index in [-0.39, 0.29) is 17.6 Å². The maximum absolute atomic E-state index is 12.6. The van der Waals surface area contributed by atoms with Gasteiger partial charge >= 0.3 is 6.18 Å². The topological polar surface area (TPSA) is 47.0 Å². The van der Waals surface area contributed by atoms with Gasteiger partial charge in [-0.3, -0.25) is 0 Å². The molecule has 0 amide bonds. The zero-order chi connectivity index (χ0) is 13.8. The Morgan fingerprint density at radius 3 is 2.50 bits per heavy atom. The van der Waals surface area contributed by atoms with Gasteiger partial charge in [0, 0.05) is 12.6 Å². The van der Waals surface area contributed by atoms with Crippen molar-refractivity contribution < 1.29 is 17.9 Å². The van der Waals surface area contributed by atoms with Crippen LogP contribution in [0.2, 0.25) is 0 Å². The molecule has 7 heteroatoms. The molecule has 1 heterocycles. The summed E-state index contributed by atoms with van der Waals surface area (Å²) in [4.78, 5) is 6.75. The molecule has 0 aliphatic rings. The monoisotopic (exact) mass is 263 g/mol. The van der Waals surface area contributed by atoms with Crippen LogP contribution in [-0.4, -0.2) is 23.1 Å². The molecule has 1 aromatic rings. The average molecular weight is 263 g/mol. The van der Waals surface area contributed by atoms with Crippen LogP contribution in [0.4, 0.5) is 19.0 Å². The van der Waals surface area contributed by atoms with Crippen molar-refractivity contribution in [2.24, 2.45) is 5.92 Å². The van der Waals surface area contributed by atoms with Crippen molar-refractivity contribution >= 4 is 5.82 Å². The number of hydrogen-bond acceptors (Lipinski definition) is 4. The minimum atomic E-state index is -4.58. The van der Waals surface area contributed by atoms with Crippen LogP contribution in [0.3, 0.4) is 0 Å². The van der Waals surface area contributed by atoms with Gasteiger partial charge in [0.15, 0.2) is 0 Å². The Morgan fingerprint density at radius 2 is 2.00 bits per heavy atom. The molecule has 0 aliphatic heterocycles. The second-order valence-corrected chi connectivity index (χ2v) is 4.15. The molecular formula is C11H16F3N3O. The third-order valence-corrected chi connectivity index (χ3v) is 1.88. The molecule has 0 aliphatic carbocycles. The van der Waals surface area contributed by atoms with E-state index in [1.54, 1.807) is 6.92 Å². The highest BCUT2D eigenvalue weighted by molar-refractivity contribution is 5.38. The first-order valence-corrected chi connectivity index (χ1v) is 5.66. The Hall–Kier alpha value is -1.53. The van der Waals surface area contributed by atoms with Gasteiger partial charge < -0.3 is 10.1 Å². The number of nitrogens with zero attached hydrogens (tertiary/aromatic N) is 2. The number of anilines is 1. The third kappa shape index (κ3) is 4.38. The lowest BCUT2D eigenvalue weighted by Gasteiger charge is -2.12. The fraction of sp³-hybridized carbons (Fsp3) is 0.636. The molecule has 0 unspecified atom stereocenters. The van der Waals surface area contributed by atoms with E-state index in [9.17, 15) is 13.2 Å². The van der Waals surface area contributed by atoms with E-state index >= 15 is 0 Å². The summed E-state index contributed by atoms with van der Waals surface area (Å²) in [7, 11) is 0. The number of halogens is 3. The molecule has 0 saturated heterocycles. The molecule has 102 valence electrons. The van der Waals surface area contributed by atoms with Crippen LogP contribution in [-0.2, 0) is 6.18 Å². The molecule has 0 fully saturated rings. The number of alkyl halides is 3. The smallest absolute Gasteiger partial charge is 0.451 e. The van der Waals surface area contributed by atoms with Crippen LogP contribution in [0, 0.1) is 5.92 Å². The van der Waals surface area contributed by atoms with Crippen molar-refractivity contribution in [1.82, 2.24) is 9.97 Å². The lowest BCUT2D eigenvalue weighted by molar-refractivity contribution is -0.145. The molecule has 18 heavy (non-hydrogen) atoms. The van der Waals surface area contributed by atoms with Crippen LogP contribution in [0.25, 0.3) is 0 Å². The quantitative estimate of drug-likeness (QED) is 0.887. The molecule has 4 nitrogen and oxygen atoms in total. The Kier molecular flexibility index (Phi) is 4.75. The lowest BCUT2D eigenvalue weighted by Crippen LogP contribution is -2.15. The van der Waals surface area contributed by atoms with Gasteiger partial charge in [-0.1, -0.05) is 13.8 Å². The van der Waals surface area contributed by atoms with Crippen LogP contribution >= 0.6 is 0 Å². The Labute approximate surface area is 104 Å². The first-order chi connectivity index (χ1) is 8.32. The predicted octanol–water partition coefficient (Wildman–Crippen LogP) is 2.96. The number of rotatable bonds is 5. The lowest BCUT2D eigenvalue weighted by atomic mass is 10.2. The zero-order valence-electron chi connectivity index (χ0n) is 10.5. The van der Waals surface area contributed by atoms with Crippen molar-refractivity contribution in [2.75, 3.05) is 18.5 Å². The molecule has 0 spiro atoms. The summed E-state index contributed by atoms with van der Waals surface area (Å²) in [6.07, 6.45) is -4.58. The minimum Gasteiger partial charge on any atom is -0.477 e. The first kappa shape index (κ1) is 14.5. The molecule has 0 atom stereocenters. The zero-order valence-corrected chi connectivity index (χ0v) is 10.5. The molecule has 0 radical (unpaired) electrons. The highest BCUT2D eigenvalue weighted by Gasteiger charge is 2.35. The summed E-state index contributed by atoms with van der Waals surface area (Å²) < 4.78 is 42.9. The summed E-state index contributed by atoms with van der Waals surface area (Å²) >= 11 is 0. The van der Waals surface area contributed by atoms with Gasteiger partial charge in [0.2, 0.25) is 11.7 Å². The molecule has 0 bridgehead atoms. The molecule has 1 rings (SSSR count). The molecule has 1 N–H and O–H groups in total. The number of hydrogen-bond donors (Lipinski definition) is 1. The predicted molar refractivity (Wildman–Crippen MR) is 61.5 cm³/mol. The largest absolute Gasteiger partial charge is 0.477 e. The number of nitrogens with one attached hydrogen (secondary N) is 1. The minimum absolute atomic E-state index is 0.0676. The van der Waals surface area contributed by atoms with Gasteiger partial charge in [-0.15, -0.1) is 0 Å². The van der Waals surface area contributed by atoms with E-state index in [0.717, 1.165) is 0 Å². The summed E-state index contributed by atoms with van der Waals surface area (Å²) in [5, 5.41) is 2.72. The summed E-state index contributed by atoms with van der Waals surface area (Å²) in [6.45, 7) is 6.34. The fourth-order valence-corrected chi connectivity index (χ4v) is 1.15. The molecule has 0 saturated carbocycles. The number of ether oxygens (including phenoxy) is 1. The fourth-order valence-electron chi connectivity index (χ4n) is 1.15. The maximum Gasteiger partial charge on any atom is 0.451 e. The van der Waals surface area contributed by atoms with Gasteiger partial charge in [-0.2, -0.15) is 18.2 Å². The highest BCUT2D eigenvalue weighted by Crippen LogP contribution is 2.28. The SMILES string of the molecule is CCNc1cc(OCC(C)C)nc(C(F)(F)F)n1. The second-order valence-electron chi connectivity index (χ2n) is 4.15. The average Bonchev–Trinajstić information content (AvgIpc) is 2.25. The van der Waals surface area contributed by atoms with E-state index in [2.05, 4.69) is 15.3 Å². The number of aromatic nitrogens is 2. The summed E-state index contributed by atoms with van der Waals surface area (Å²) in [6, 6.07) is 1.36. The van der Waals surface area contributed by atoms with Crippen molar-refractivity contribution in [3.05, 3.63) is 11.9 Å². The van der Waals surface area contributed by atoms with Crippen molar-refractivity contribution in [3.8, 4) is 5.88 Å². The van der Waals surface area contributed by atoms with E-state index in [0.29, 0.717) is 13.2 Å². The van der Waals surface area contributed by atoms with Gasteiger partial charge in [-0.05, 0) is 12.8 Å². The Morgan fingerprint density at radius 1 is 1.33 bits per heavy atom.